The number of aliphatic hydroxyl groups is 1. The number of ether oxygens (including phenoxy) is 4. The predicted molar refractivity (Wildman–Crippen MR) is 176 cm³/mol. The fourth-order valence-electron chi connectivity index (χ4n) is 8.75. The standard InChI is InChI=1S/C36H38N4O10/c1-19(41)46-18-35(4)26-16-28(49-32(44)21-8-10-23(11-9-21)39-40-37)36(5)31(34(26,3)13-12-27(35)47-20(2)42)30(43)29-25(50-36)15-24(48-33(29)45)22-7-6-14-38-17-22/h6-11,14-15,17,26-28,30-31,43H,12-13,16,18H2,1-5H3/t26-,27+,28+,30+,31-,34+,35+,36-/m1/s1. The summed E-state index contributed by atoms with van der Waals surface area (Å²) in [4.78, 5) is 58.8. The van der Waals surface area contributed by atoms with Gasteiger partial charge < -0.3 is 28.5 Å². The Hall–Kier alpha value is -5.20. The van der Waals surface area contributed by atoms with E-state index in [1.54, 1.807) is 25.3 Å². The van der Waals surface area contributed by atoms with Crippen molar-refractivity contribution in [2.24, 2.45) is 27.8 Å². The Morgan fingerprint density at radius 3 is 2.46 bits per heavy atom. The summed E-state index contributed by atoms with van der Waals surface area (Å²) >= 11 is 0. The Morgan fingerprint density at radius 1 is 1.08 bits per heavy atom. The molecule has 0 spiro atoms. The lowest BCUT2D eigenvalue weighted by atomic mass is 9.42. The van der Waals surface area contributed by atoms with Crippen LogP contribution in [0.2, 0.25) is 0 Å². The van der Waals surface area contributed by atoms with Gasteiger partial charge in [-0.15, -0.1) is 0 Å². The maximum atomic E-state index is 13.8. The number of fused-ring (bicyclic) bond motifs is 4. The van der Waals surface area contributed by atoms with Crippen LogP contribution in [0.25, 0.3) is 21.8 Å². The van der Waals surface area contributed by atoms with Gasteiger partial charge in [0.1, 0.15) is 41.5 Å². The molecule has 0 saturated heterocycles. The lowest BCUT2D eigenvalue weighted by molar-refractivity contribution is -0.266. The highest BCUT2D eigenvalue weighted by Gasteiger charge is 2.71. The molecule has 0 bridgehead atoms. The van der Waals surface area contributed by atoms with Crippen LogP contribution in [0.3, 0.4) is 0 Å². The third-order valence-electron chi connectivity index (χ3n) is 10.9. The van der Waals surface area contributed by atoms with E-state index in [0.717, 1.165) is 0 Å². The topological polar surface area (TPSA) is 200 Å². The van der Waals surface area contributed by atoms with Gasteiger partial charge in [-0.05, 0) is 67.3 Å². The van der Waals surface area contributed by atoms with Crippen LogP contribution in [0.4, 0.5) is 5.69 Å². The van der Waals surface area contributed by atoms with Gasteiger partial charge in [0.05, 0.1) is 11.7 Å². The van der Waals surface area contributed by atoms with Crippen molar-refractivity contribution in [2.45, 2.75) is 77.8 Å². The zero-order valence-electron chi connectivity index (χ0n) is 28.3. The molecule has 3 aliphatic rings. The highest BCUT2D eigenvalue weighted by atomic mass is 16.6. The van der Waals surface area contributed by atoms with E-state index in [0.29, 0.717) is 24.1 Å². The second kappa shape index (κ2) is 12.9. The molecular formula is C36H38N4O10. The zero-order chi connectivity index (χ0) is 36.0. The highest BCUT2D eigenvalue weighted by Crippen LogP contribution is 2.67. The molecule has 14 nitrogen and oxygen atoms in total. The molecule has 0 unspecified atom stereocenters. The number of carbonyl (C=O) groups is 3. The smallest absolute Gasteiger partial charge is 0.345 e. The predicted octanol–water partition coefficient (Wildman–Crippen LogP) is 5.99. The molecule has 2 fully saturated rings. The summed E-state index contributed by atoms with van der Waals surface area (Å²) in [5, 5.41) is 15.9. The summed E-state index contributed by atoms with van der Waals surface area (Å²) in [6, 6.07) is 10.8. The molecule has 14 heteroatoms. The molecule has 8 atom stereocenters. The number of nitrogens with zero attached hydrogens (tertiary/aromatic N) is 4. The van der Waals surface area contributed by atoms with Crippen molar-refractivity contribution in [3.05, 3.63) is 86.8 Å². The first-order valence-corrected chi connectivity index (χ1v) is 16.3. The van der Waals surface area contributed by atoms with Crippen LogP contribution in [-0.2, 0) is 23.8 Å². The number of azide groups is 1. The number of hydrogen-bond donors (Lipinski definition) is 1. The van der Waals surface area contributed by atoms with Gasteiger partial charge in [-0.25, -0.2) is 9.59 Å². The van der Waals surface area contributed by atoms with Crippen LogP contribution in [0.15, 0.2) is 69.2 Å². The maximum absolute atomic E-state index is 13.8. The van der Waals surface area contributed by atoms with E-state index >= 15 is 0 Å². The summed E-state index contributed by atoms with van der Waals surface area (Å²) in [6.07, 6.45) is 0.953. The van der Waals surface area contributed by atoms with Crippen molar-refractivity contribution in [3.63, 3.8) is 0 Å². The van der Waals surface area contributed by atoms with Crippen LogP contribution in [0, 0.1) is 22.7 Å². The number of carbonyl (C=O) groups excluding carboxylic acids is 3. The van der Waals surface area contributed by atoms with Crippen LogP contribution in [0.5, 0.6) is 5.75 Å². The minimum absolute atomic E-state index is 0.0653. The molecular weight excluding hydrogens is 648 g/mol. The number of pyridine rings is 1. The lowest BCUT2D eigenvalue weighted by Gasteiger charge is -2.66. The van der Waals surface area contributed by atoms with Crippen LogP contribution in [-0.4, -0.2) is 52.4 Å². The molecule has 0 radical (unpaired) electrons. The third-order valence-corrected chi connectivity index (χ3v) is 10.9. The largest absolute Gasteiger partial charge is 0.482 e. The number of aliphatic hydroxyl groups excluding tert-OH is 1. The van der Waals surface area contributed by atoms with E-state index in [-0.39, 0.29) is 35.7 Å². The molecule has 1 aliphatic heterocycles. The van der Waals surface area contributed by atoms with Crippen molar-refractivity contribution in [2.75, 3.05) is 6.61 Å². The molecule has 6 rings (SSSR count). The summed E-state index contributed by atoms with van der Waals surface area (Å²) in [5.41, 5.74) is 5.72. The summed E-state index contributed by atoms with van der Waals surface area (Å²) in [7, 11) is 0. The fraction of sp³-hybridized carbons (Fsp3) is 0.472. The fourth-order valence-corrected chi connectivity index (χ4v) is 8.75. The Balaban J connectivity index is 1.49. The van der Waals surface area contributed by atoms with Crippen LogP contribution < -0.4 is 10.4 Å². The minimum atomic E-state index is -1.43. The molecule has 0 amide bonds. The van der Waals surface area contributed by atoms with Gasteiger partial charge in [-0.1, -0.05) is 31.1 Å². The normalized spacial score (nSPS) is 31.0. The average molecular weight is 687 g/mol. The summed E-state index contributed by atoms with van der Waals surface area (Å²) in [5.74, 6) is -2.80. The zero-order valence-corrected chi connectivity index (χ0v) is 28.3. The molecule has 262 valence electrons. The molecule has 50 heavy (non-hydrogen) atoms. The first-order valence-electron chi connectivity index (χ1n) is 16.3. The van der Waals surface area contributed by atoms with Crippen molar-refractivity contribution in [3.8, 4) is 17.1 Å². The number of aromatic nitrogens is 1. The Bertz CT molecular complexity index is 1930. The van der Waals surface area contributed by atoms with Crippen LogP contribution in [0.1, 0.15) is 75.9 Å². The molecule has 2 saturated carbocycles. The Morgan fingerprint density at radius 2 is 1.82 bits per heavy atom. The van der Waals surface area contributed by atoms with Crippen molar-refractivity contribution in [1.29, 1.82) is 0 Å². The number of esters is 3. The van der Waals surface area contributed by atoms with Gasteiger partial charge in [-0.3, -0.25) is 14.6 Å². The monoisotopic (exact) mass is 686 g/mol. The first kappa shape index (κ1) is 34.7. The van der Waals surface area contributed by atoms with Crippen molar-refractivity contribution >= 4 is 23.6 Å². The average Bonchev–Trinajstić information content (AvgIpc) is 3.06. The molecule has 1 aromatic carbocycles. The van der Waals surface area contributed by atoms with Gasteiger partial charge in [0, 0.05) is 59.8 Å². The third kappa shape index (κ3) is 5.88. The van der Waals surface area contributed by atoms with E-state index in [1.165, 1.54) is 50.4 Å². The maximum Gasteiger partial charge on any atom is 0.345 e. The molecule has 3 heterocycles. The number of hydrogen-bond acceptors (Lipinski definition) is 12. The SMILES string of the molecule is CC(=O)OC[C@@]1(C)[C@@H]2C[C@H](OC(=O)c3ccc(N=[N+]=[N-])cc3)[C@@]3(C)Oc4cc(-c5cccnc5)oc(=O)c4[C@H](O)[C@@H]3[C@@]2(C)CC[C@@H]1OC(C)=O. The van der Waals surface area contributed by atoms with Crippen molar-refractivity contribution in [1.82, 2.24) is 4.98 Å². The highest BCUT2D eigenvalue weighted by molar-refractivity contribution is 5.90. The second-order valence-electron chi connectivity index (χ2n) is 14.0. The lowest BCUT2D eigenvalue weighted by Crippen LogP contribution is -2.71. The minimum Gasteiger partial charge on any atom is -0.482 e. The van der Waals surface area contributed by atoms with E-state index in [2.05, 4.69) is 15.0 Å². The van der Waals surface area contributed by atoms with E-state index in [4.69, 9.17) is 28.9 Å². The van der Waals surface area contributed by atoms with Gasteiger partial charge in [0.15, 0.2) is 0 Å². The molecule has 1 N–H and O–H groups in total. The molecule has 2 aromatic heterocycles. The first-order chi connectivity index (χ1) is 23.7. The van der Waals surface area contributed by atoms with Gasteiger partial charge in [-0.2, -0.15) is 0 Å². The number of rotatable bonds is 7. The summed E-state index contributed by atoms with van der Waals surface area (Å²) < 4.78 is 30.2. The van der Waals surface area contributed by atoms with E-state index in [1.807, 2.05) is 13.8 Å². The van der Waals surface area contributed by atoms with Crippen molar-refractivity contribution < 1.29 is 42.9 Å². The van der Waals surface area contributed by atoms with Gasteiger partial charge >= 0.3 is 23.5 Å². The molecule has 2 aliphatic carbocycles. The number of benzene rings is 1. The van der Waals surface area contributed by atoms with Gasteiger partial charge in [0.25, 0.3) is 0 Å². The Kier molecular flexibility index (Phi) is 8.96. The second-order valence-corrected chi connectivity index (χ2v) is 14.0. The van der Waals surface area contributed by atoms with E-state index < -0.39 is 70.1 Å². The molecule has 3 aromatic rings. The van der Waals surface area contributed by atoms with E-state index in [9.17, 15) is 24.3 Å². The Labute approximate surface area is 287 Å². The van der Waals surface area contributed by atoms with Gasteiger partial charge in [0.2, 0.25) is 0 Å². The summed E-state index contributed by atoms with van der Waals surface area (Å²) in [6.45, 7) is 8.08. The van der Waals surface area contributed by atoms with Crippen LogP contribution >= 0.6 is 0 Å². The quantitative estimate of drug-likeness (QED) is 0.101.